The van der Waals surface area contributed by atoms with E-state index < -0.39 is 5.91 Å². The third kappa shape index (κ3) is 4.34. The summed E-state index contributed by atoms with van der Waals surface area (Å²) in [5.74, 6) is -0.120. The number of hydrazone groups is 1. The van der Waals surface area contributed by atoms with Gasteiger partial charge < -0.3 is 10.3 Å². The highest BCUT2D eigenvalue weighted by Gasteiger charge is 2.24. The molecule has 1 aromatic carbocycles. The number of amides is 1. The van der Waals surface area contributed by atoms with E-state index in [9.17, 15) is 4.79 Å². The van der Waals surface area contributed by atoms with Crippen LogP contribution in [-0.4, -0.2) is 51.7 Å². The van der Waals surface area contributed by atoms with E-state index in [1.165, 1.54) is 16.4 Å². The van der Waals surface area contributed by atoms with Crippen LogP contribution in [0.4, 0.5) is 5.82 Å². The lowest BCUT2D eigenvalue weighted by atomic mass is 10.1. The van der Waals surface area contributed by atoms with E-state index >= 15 is 0 Å². The molecule has 3 aromatic heterocycles. The molecule has 1 amide bonds. The van der Waals surface area contributed by atoms with Crippen LogP contribution in [0.5, 0.6) is 0 Å². The average Bonchev–Trinajstić information content (AvgIpc) is 3.50. The molecule has 164 valence electrons. The summed E-state index contributed by atoms with van der Waals surface area (Å²) in [6, 6.07) is 7.81. The largest absolute Gasteiger partial charge is 0.378 e. The first-order valence-corrected chi connectivity index (χ1v) is 10.3. The van der Waals surface area contributed by atoms with Crippen molar-refractivity contribution in [3.05, 3.63) is 53.1 Å². The summed E-state index contributed by atoms with van der Waals surface area (Å²) in [5, 5.41) is 28.0. The molecule has 0 radical (unpaired) electrons. The summed E-state index contributed by atoms with van der Waals surface area (Å²) in [5.41, 5.74) is 11.5. The first kappa shape index (κ1) is 21.2. The Morgan fingerprint density at radius 1 is 1.25 bits per heavy atom. The van der Waals surface area contributed by atoms with Crippen LogP contribution >= 0.6 is 11.8 Å². The molecule has 0 unspecified atom stereocenters. The van der Waals surface area contributed by atoms with Crippen molar-refractivity contribution in [3.8, 4) is 5.82 Å². The van der Waals surface area contributed by atoms with Gasteiger partial charge in [-0.25, -0.2) is 10.1 Å². The van der Waals surface area contributed by atoms with E-state index in [1.54, 1.807) is 17.8 Å². The SMILES string of the molecule is C/C(=N\NC(=O)c1nnn(-c2nonc2N)c1CSc1nncn1C)c1ccc(C)cc1. The Morgan fingerprint density at radius 3 is 2.69 bits per heavy atom. The number of rotatable bonds is 7. The number of anilines is 1. The first-order valence-electron chi connectivity index (χ1n) is 9.35. The van der Waals surface area contributed by atoms with Gasteiger partial charge in [-0.2, -0.15) is 9.78 Å². The molecule has 0 aliphatic heterocycles. The highest BCUT2D eigenvalue weighted by atomic mass is 32.2. The molecule has 4 rings (SSSR count). The molecule has 3 N–H and O–H groups in total. The van der Waals surface area contributed by atoms with Crippen LogP contribution in [-0.2, 0) is 12.8 Å². The van der Waals surface area contributed by atoms with E-state index in [-0.39, 0.29) is 23.1 Å². The maximum absolute atomic E-state index is 12.9. The smallest absolute Gasteiger partial charge is 0.293 e. The lowest BCUT2D eigenvalue weighted by Gasteiger charge is -2.06. The number of aromatic nitrogens is 8. The van der Waals surface area contributed by atoms with Crippen LogP contribution in [0.3, 0.4) is 0 Å². The molecule has 0 spiro atoms. The van der Waals surface area contributed by atoms with Crippen LogP contribution in [0.2, 0.25) is 0 Å². The third-order valence-corrected chi connectivity index (χ3v) is 5.52. The molecule has 0 aliphatic rings. The zero-order chi connectivity index (χ0) is 22.7. The first-order chi connectivity index (χ1) is 15.4. The van der Waals surface area contributed by atoms with Crippen molar-refractivity contribution < 1.29 is 9.42 Å². The second kappa shape index (κ2) is 8.97. The normalized spacial score (nSPS) is 11.7. The number of benzene rings is 1. The number of nitrogen functional groups attached to an aromatic ring is 1. The summed E-state index contributed by atoms with van der Waals surface area (Å²) in [6.07, 6.45) is 1.58. The summed E-state index contributed by atoms with van der Waals surface area (Å²) in [7, 11) is 1.81. The number of carbonyl (C=O) groups is 1. The van der Waals surface area contributed by atoms with Gasteiger partial charge >= 0.3 is 0 Å². The second-order valence-electron chi connectivity index (χ2n) is 6.79. The Kier molecular flexibility index (Phi) is 5.93. The molecule has 14 heteroatoms. The van der Waals surface area contributed by atoms with Gasteiger partial charge in [-0.1, -0.05) is 46.8 Å². The Labute approximate surface area is 186 Å². The van der Waals surface area contributed by atoms with Crippen molar-refractivity contribution in [1.82, 2.24) is 45.5 Å². The lowest BCUT2D eigenvalue weighted by molar-refractivity contribution is 0.0949. The van der Waals surface area contributed by atoms with Crippen molar-refractivity contribution in [2.75, 3.05) is 5.73 Å². The summed E-state index contributed by atoms with van der Waals surface area (Å²) >= 11 is 1.34. The van der Waals surface area contributed by atoms with Crippen LogP contribution in [0.1, 0.15) is 34.2 Å². The van der Waals surface area contributed by atoms with E-state index in [0.29, 0.717) is 16.6 Å². The van der Waals surface area contributed by atoms with E-state index in [2.05, 4.69) is 46.0 Å². The topological polar surface area (TPSA) is 168 Å². The highest BCUT2D eigenvalue weighted by Crippen LogP contribution is 2.24. The fraction of sp³-hybridized carbons (Fsp3) is 0.222. The molecule has 0 fully saturated rings. The number of hydrogen-bond acceptors (Lipinski definition) is 11. The maximum atomic E-state index is 12.9. The minimum Gasteiger partial charge on any atom is -0.378 e. The van der Waals surface area contributed by atoms with E-state index in [0.717, 1.165) is 11.1 Å². The van der Waals surface area contributed by atoms with E-state index in [4.69, 9.17) is 5.73 Å². The molecule has 0 aliphatic carbocycles. The van der Waals surface area contributed by atoms with E-state index in [1.807, 2.05) is 38.2 Å². The molecule has 0 saturated carbocycles. The quantitative estimate of drug-likeness (QED) is 0.235. The zero-order valence-corrected chi connectivity index (χ0v) is 18.2. The molecule has 0 bridgehead atoms. The number of nitrogens with one attached hydrogen (secondary N) is 1. The van der Waals surface area contributed by atoms with Gasteiger partial charge in [-0.05, 0) is 29.7 Å². The van der Waals surface area contributed by atoms with Gasteiger partial charge in [-0.3, -0.25) is 4.79 Å². The molecule has 13 nitrogen and oxygen atoms in total. The van der Waals surface area contributed by atoms with Crippen molar-refractivity contribution in [2.45, 2.75) is 24.8 Å². The highest BCUT2D eigenvalue weighted by molar-refractivity contribution is 7.98. The predicted octanol–water partition coefficient (Wildman–Crippen LogP) is 1.12. The van der Waals surface area contributed by atoms with Gasteiger partial charge in [0.2, 0.25) is 11.6 Å². The summed E-state index contributed by atoms with van der Waals surface area (Å²) in [6.45, 7) is 3.80. The van der Waals surface area contributed by atoms with Crippen LogP contribution in [0.15, 0.2) is 45.5 Å². The lowest BCUT2D eigenvalue weighted by Crippen LogP contribution is -2.21. The Bertz CT molecular complexity index is 1270. The number of hydrogen-bond donors (Lipinski definition) is 2. The van der Waals surface area contributed by atoms with Crippen LogP contribution in [0, 0.1) is 6.92 Å². The fourth-order valence-corrected chi connectivity index (χ4v) is 3.58. The zero-order valence-electron chi connectivity index (χ0n) is 17.4. The van der Waals surface area contributed by atoms with Crippen molar-refractivity contribution in [1.29, 1.82) is 0 Å². The minimum absolute atomic E-state index is 0.0139. The maximum Gasteiger partial charge on any atom is 0.293 e. The number of thioether (sulfide) groups is 1. The predicted molar refractivity (Wildman–Crippen MR) is 115 cm³/mol. The molecule has 3 heterocycles. The summed E-state index contributed by atoms with van der Waals surface area (Å²) < 4.78 is 7.72. The number of aryl methyl sites for hydroxylation is 2. The van der Waals surface area contributed by atoms with Gasteiger partial charge in [-0.15, -0.1) is 15.3 Å². The van der Waals surface area contributed by atoms with Crippen molar-refractivity contribution >= 4 is 29.2 Å². The Morgan fingerprint density at radius 2 is 2.03 bits per heavy atom. The van der Waals surface area contributed by atoms with Crippen molar-refractivity contribution in [2.24, 2.45) is 12.1 Å². The number of nitrogens with two attached hydrogens (primary N) is 1. The number of nitrogens with zero attached hydrogens (tertiary/aromatic N) is 9. The van der Waals surface area contributed by atoms with Gasteiger partial charge in [0.05, 0.1) is 11.4 Å². The molecular formula is C18H19N11O2S. The minimum atomic E-state index is -0.536. The summed E-state index contributed by atoms with van der Waals surface area (Å²) in [4.78, 5) is 12.9. The van der Waals surface area contributed by atoms with Crippen molar-refractivity contribution in [3.63, 3.8) is 0 Å². The Balaban J connectivity index is 1.60. The second-order valence-corrected chi connectivity index (χ2v) is 7.73. The Hall–Kier alpha value is -4.07. The van der Waals surface area contributed by atoms with Crippen LogP contribution < -0.4 is 11.2 Å². The molecule has 32 heavy (non-hydrogen) atoms. The molecule has 0 atom stereocenters. The monoisotopic (exact) mass is 453 g/mol. The molecule has 0 saturated heterocycles. The average molecular weight is 453 g/mol. The molecular weight excluding hydrogens is 434 g/mol. The fourth-order valence-electron chi connectivity index (χ4n) is 2.70. The van der Waals surface area contributed by atoms with Gasteiger partial charge in [0.1, 0.15) is 6.33 Å². The van der Waals surface area contributed by atoms with Crippen LogP contribution in [0.25, 0.3) is 5.82 Å². The van der Waals surface area contributed by atoms with Gasteiger partial charge in [0, 0.05) is 12.8 Å². The third-order valence-electron chi connectivity index (χ3n) is 4.48. The number of carbonyl (C=O) groups excluding carboxylic acids is 1. The van der Waals surface area contributed by atoms with Gasteiger partial charge in [0.25, 0.3) is 5.91 Å². The van der Waals surface area contributed by atoms with Gasteiger partial charge in [0.15, 0.2) is 10.9 Å². The standard InChI is InChI=1S/C18H19N11O2S/c1-10-4-6-12(7-5-10)11(2)21-23-17(30)14-13(8-32-18-24-20-9-28(18)3)29(27-22-14)16-15(19)25-31-26-16/h4-7,9H,8H2,1-3H3,(H2,19,25)(H,23,30)/b21-11+. The molecule has 4 aromatic rings.